The van der Waals surface area contributed by atoms with Crippen LogP contribution in [-0.4, -0.2) is 77.1 Å². The Kier molecular flexibility index (Phi) is 7.48. The maximum absolute atomic E-state index is 13.5. The molecule has 2 aromatic rings. The molecule has 8 nitrogen and oxygen atoms in total. The van der Waals surface area contributed by atoms with Crippen molar-refractivity contribution in [1.29, 1.82) is 0 Å². The largest absolute Gasteiger partial charge is 0.486 e. The van der Waals surface area contributed by atoms with Gasteiger partial charge in [0.1, 0.15) is 6.10 Å². The third-order valence-electron chi connectivity index (χ3n) is 6.64. The van der Waals surface area contributed by atoms with E-state index >= 15 is 0 Å². The normalized spacial score (nSPS) is 21.3. The number of rotatable bonds is 8. The molecule has 1 aliphatic carbocycles. The third kappa shape index (κ3) is 5.56. The Morgan fingerprint density at radius 3 is 2.68 bits per heavy atom. The van der Waals surface area contributed by atoms with E-state index in [-0.39, 0.29) is 36.5 Å². The fourth-order valence-electron chi connectivity index (χ4n) is 4.38. The molecule has 1 aromatic heterocycles. The van der Waals surface area contributed by atoms with Crippen molar-refractivity contribution in [3.63, 3.8) is 0 Å². The SMILES string of the molecule is C[C@H]1CN([C@@H](C)CO)C(=O)c2cccc(NC(=O)c3ccncc3)c2O[C@@H]1CN(C)CC1CC1. The number of hydrogen-bond acceptors (Lipinski definition) is 6. The van der Waals surface area contributed by atoms with Crippen LogP contribution in [0.1, 0.15) is 47.4 Å². The predicted octanol–water partition coefficient (Wildman–Crippen LogP) is 2.90. The minimum atomic E-state index is -0.333. The number of amides is 2. The zero-order chi connectivity index (χ0) is 24.2. The first-order valence-corrected chi connectivity index (χ1v) is 12.0. The molecule has 4 rings (SSSR count). The Morgan fingerprint density at radius 1 is 1.26 bits per heavy atom. The minimum Gasteiger partial charge on any atom is -0.486 e. The van der Waals surface area contributed by atoms with Gasteiger partial charge in [-0.3, -0.25) is 14.6 Å². The van der Waals surface area contributed by atoms with Crippen LogP contribution < -0.4 is 10.1 Å². The van der Waals surface area contributed by atoms with Crippen molar-refractivity contribution in [3.8, 4) is 5.75 Å². The molecule has 3 atom stereocenters. The van der Waals surface area contributed by atoms with Gasteiger partial charge in [-0.1, -0.05) is 13.0 Å². The molecular weight excluding hydrogens is 432 g/mol. The average Bonchev–Trinajstić information content (AvgIpc) is 3.65. The van der Waals surface area contributed by atoms with E-state index in [2.05, 4.69) is 29.2 Å². The van der Waals surface area contributed by atoms with Crippen LogP contribution in [0.3, 0.4) is 0 Å². The Morgan fingerprint density at radius 2 is 2.00 bits per heavy atom. The molecule has 2 heterocycles. The summed E-state index contributed by atoms with van der Waals surface area (Å²) >= 11 is 0. The van der Waals surface area contributed by atoms with Gasteiger partial charge < -0.3 is 25.0 Å². The number of carbonyl (C=O) groups is 2. The van der Waals surface area contributed by atoms with Crippen molar-refractivity contribution in [1.82, 2.24) is 14.8 Å². The van der Waals surface area contributed by atoms with E-state index in [1.165, 1.54) is 12.8 Å². The molecule has 1 saturated carbocycles. The van der Waals surface area contributed by atoms with Gasteiger partial charge in [0, 0.05) is 43.5 Å². The highest BCUT2D eigenvalue weighted by Gasteiger charge is 2.35. The number of benzene rings is 1. The maximum atomic E-state index is 13.5. The van der Waals surface area contributed by atoms with Crippen LogP contribution in [0.4, 0.5) is 5.69 Å². The second kappa shape index (κ2) is 10.5. The van der Waals surface area contributed by atoms with E-state index in [1.807, 2.05) is 6.92 Å². The first kappa shape index (κ1) is 24.2. The van der Waals surface area contributed by atoms with Crippen LogP contribution in [0.25, 0.3) is 0 Å². The van der Waals surface area contributed by atoms with Gasteiger partial charge in [-0.15, -0.1) is 0 Å². The first-order valence-electron chi connectivity index (χ1n) is 12.0. The van der Waals surface area contributed by atoms with Crippen LogP contribution in [0.5, 0.6) is 5.75 Å². The Bertz CT molecular complexity index is 1010. The van der Waals surface area contributed by atoms with Crippen LogP contribution in [0.15, 0.2) is 42.7 Å². The average molecular weight is 467 g/mol. The summed E-state index contributed by atoms with van der Waals surface area (Å²) in [6.45, 7) is 6.00. The number of nitrogens with one attached hydrogen (secondary N) is 1. The van der Waals surface area contributed by atoms with Crippen LogP contribution in [0, 0.1) is 11.8 Å². The summed E-state index contributed by atoms with van der Waals surface area (Å²) in [6.07, 6.45) is 5.48. The summed E-state index contributed by atoms with van der Waals surface area (Å²) in [5, 5.41) is 12.7. The Balaban J connectivity index is 1.68. The molecule has 0 bridgehead atoms. The number of likely N-dealkylation sites (N-methyl/N-ethyl adjacent to an activating group) is 1. The van der Waals surface area contributed by atoms with Gasteiger partial charge >= 0.3 is 0 Å². The molecular formula is C26H34N4O4. The Hall–Kier alpha value is -2.97. The summed E-state index contributed by atoms with van der Waals surface area (Å²) in [7, 11) is 2.10. The highest BCUT2D eigenvalue weighted by molar-refractivity contribution is 6.07. The summed E-state index contributed by atoms with van der Waals surface area (Å²) < 4.78 is 6.54. The predicted molar refractivity (Wildman–Crippen MR) is 130 cm³/mol. The second-order valence-electron chi connectivity index (χ2n) is 9.66. The fraction of sp³-hybridized carbons (Fsp3) is 0.500. The Labute approximate surface area is 200 Å². The molecule has 2 aliphatic rings. The smallest absolute Gasteiger partial charge is 0.258 e. The molecule has 0 radical (unpaired) electrons. The van der Waals surface area contributed by atoms with E-state index in [0.717, 1.165) is 12.5 Å². The standard InChI is InChI=1S/C26H34N4O4/c1-17-13-30(18(2)16-31)26(33)21-5-4-6-22(28-25(32)20-9-11-27-12-10-20)24(21)34-23(17)15-29(3)14-19-7-8-19/h4-6,9-12,17-19,23,31H,7-8,13-16H2,1-3H3,(H,28,32)/t17-,18-,23+/m0/s1. The van der Waals surface area contributed by atoms with Crippen LogP contribution in [-0.2, 0) is 0 Å². The molecule has 0 saturated heterocycles. The monoisotopic (exact) mass is 466 g/mol. The summed E-state index contributed by atoms with van der Waals surface area (Å²) in [5.74, 6) is 0.639. The number of hydrogen-bond donors (Lipinski definition) is 2. The minimum absolute atomic E-state index is 0.0247. The maximum Gasteiger partial charge on any atom is 0.258 e. The van der Waals surface area contributed by atoms with E-state index < -0.39 is 0 Å². The quantitative estimate of drug-likeness (QED) is 0.621. The van der Waals surface area contributed by atoms with Crippen molar-refractivity contribution in [2.45, 2.75) is 38.8 Å². The number of nitrogens with zero attached hydrogens (tertiary/aromatic N) is 3. The lowest BCUT2D eigenvalue weighted by atomic mass is 9.99. The van der Waals surface area contributed by atoms with Crippen molar-refractivity contribution >= 4 is 17.5 Å². The molecule has 8 heteroatoms. The van der Waals surface area contributed by atoms with Crippen LogP contribution >= 0.6 is 0 Å². The van der Waals surface area contributed by atoms with Crippen LogP contribution in [0.2, 0.25) is 0 Å². The molecule has 2 N–H and O–H groups in total. The number of pyridine rings is 1. The van der Waals surface area contributed by atoms with Crippen molar-refractivity contribution in [2.75, 3.05) is 38.6 Å². The topological polar surface area (TPSA) is 95.0 Å². The molecule has 0 unspecified atom stereocenters. The van der Waals surface area contributed by atoms with Crippen molar-refractivity contribution < 1.29 is 19.4 Å². The van der Waals surface area contributed by atoms with Crippen molar-refractivity contribution in [2.24, 2.45) is 11.8 Å². The van der Waals surface area contributed by atoms with E-state index in [9.17, 15) is 14.7 Å². The number of carbonyl (C=O) groups excluding carboxylic acids is 2. The fourth-order valence-corrected chi connectivity index (χ4v) is 4.38. The number of anilines is 1. The lowest BCUT2D eigenvalue weighted by Gasteiger charge is -2.38. The van der Waals surface area contributed by atoms with Gasteiger partial charge in [-0.2, -0.15) is 0 Å². The van der Waals surface area contributed by atoms with Gasteiger partial charge in [0.15, 0.2) is 5.75 Å². The molecule has 2 amide bonds. The first-order chi connectivity index (χ1) is 16.4. The van der Waals surface area contributed by atoms with Gasteiger partial charge in [0.25, 0.3) is 11.8 Å². The molecule has 182 valence electrons. The summed E-state index contributed by atoms with van der Waals surface area (Å²) in [4.78, 5) is 34.4. The highest BCUT2D eigenvalue weighted by atomic mass is 16.5. The van der Waals surface area contributed by atoms with Gasteiger partial charge in [0.2, 0.25) is 0 Å². The molecule has 34 heavy (non-hydrogen) atoms. The zero-order valence-corrected chi connectivity index (χ0v) is 20.1. The summed E-state index contributed by atoms with van der Waals surface area (Å²) in [6, 6.07) is 8.15. The molecule has 1 aliphatic heterocycles. The second-order valence-corrected chi connectivity index (χ2v) is 9.66. The van der Waals surface area contributed by atoms with Gasteiger partial charge in [-0.05, 0) is 57.0 Å². The lowest BCUT2D eigenvalue weighted by molar-refractivity contribution is 0.0345. The highest BCUT2D eigenvalue weighted by Crippen LogP contribution is 2.35. The summed E-state index contributed by atoms with van der Waals surface area (Å²) in [5.41, 5.74) is 1.30. The zero-order valence-electron chi connectivity index (χ0n) is 20.1. The molecule has 1 fully saturated rings. The van der Waals surface area contributed by atoms with E-state index in [4.69, 9.17) is 4.74 Å². The van der Waals surface area contributed by atoms with Gasteiger partial charge in [-0.25, -0.2) is 0 Å². The number of para-hydroxylation sites is 1. The van der Waals surface area contributed by atoms with Gasteiger partial charge in [0.05, 0.1) is 23.9 Å². The number of ether oxygens (including phenoxy) is 1. The third-order valence-corrected chi connectivity index (χ3v) is 6.64. The molecule has 1 aromatic carbocycles. The van der Waals surface area contributed by atoms with Crippen molar-refractivity contribution in [3.05, 3.63) is 53.9 Å². The number of aliphatic hydroxyl groups is 1. The van der Waals surface area contributed by atoms with E-state index in [1.54, 1.807) is 47.6 Å². The lowest BCUT2D eigenvalue weighted by Crippen LogP contribution is -2.50. The number of aromatic nitrogens is 1. The number of aliphatic hydroxyl groups excluding tert-OH is 1. The van der Waals surface area contributed by atoms with E-state index in [0.29, 0.717) is 35.7 Å². The number of fused-ring (bicyclic) bond motifs is 1. The molecule has 0 spiro atoms.